The number of rotatable bonds is 5. The van der Waals surface area contributed by atoms with Crippen LogP contribution in [0.15, 0.2) is 60.0 Å². The lowest BCUT2D eigenvalue weighted by molar-refractivity contribution is 0.595. The maximum absolute atomic E-state index is 11.9. The first-order valence-electron chi connectivity index (χ1n) is 7.46. The molecule has 2 rings (SSSR count). The molecule has 2 aromatic carbocycles. The average molecular weight is 340 g/mol. The lowest BCUT2D eigenvalue weighted by atomic mass is 10.1. The second-order valence-electron chi connectivity index (χ2n) is 5.29. The van der Waals surface area contributed by atoms with E-state index in [0.717, 1.165) is 22.2 Å². The number of anilines is 1. The molecular formula is C19H20N2O2S. The molecule has 0 radical (unpaired) electrons. The number of para-hydroxylation sites is 1. The van der Waals surface area contributed by atoms with E-state index in [2.05, 4.69) is 16.6 Å². The summed E-state index contributed by atoms with van der Waals surface area (Å²) >= 11 is 0. The summed E-state index contributed by atoms with van der Waals surface area (Å²) in [5.41, 5.74) is 2.69. The second kappa shape index (κ2) is 8.34. The molecule has 0 spiro atoms. The molecule has 5 heteroatoms. The van der Waals surface area contributed by atoms with E-state index in [1.54, 1.807) is 6.08 Å². The van der Waals surface area contributed by atoms with Crippen molar-refractivity contribution in [2.45, 2.75) is 0 Å². The Hall–Kier alpha value is -2.55. The maximum atomic E-state index is 11.9. The lowest BCUT2D eigenvalue weighted by Crippen LogP contribution is -2.21. The van der Waals surface area contributed by atoms with Crippen LogP contribution in [0.4, 0.5) is 5.69 Å². The van der Waals surface area contributed by atoms with Crippen molar-refractivity contribution >= 4 is 21.8 Å². The van der Waals surface area contributed by atoms with Crippen LogP contribution in [0.3, 0.4) is 0 Å². The van der Waals surface area contributed by atoms with Gasteiger partial charge in [-0.2, -0.15) is 4.72 Å². The van der Waals surface area contributed by atoms with Crippen molar-refractivity contribution in [1.82, 2.24) is 4.72 Å². The first-order valence-corrected chi connectivity index (χ1v) is 9.00. The molecule has 0 aliphatic carbocycles. The summed E-state index contributed by atoms with van der Waals surface area (Å²) in [5, 5.41) is 1.15. The molecule has 0 saturated carbocycles. The smallest absolute Gasteiger partial charge is 0.234 e. The minimum atomic E-state index is -3.50. The van der Waals surface area contributed by atoms with Crippen molar-refractivity contribution in [3.8, 4) is 11.8 Å². The predicted octanol–water partition coefficient (Wildman–Crippen LogP) is 2.69. The van der Waals surface area contributed by atoms with Gasteiger partial charge in [0.2, 0.25) is 10.0 Å². The molecular weight excluding hydrogens is 320 g/mol. The molecule has 0 heterocycles. The van der Waals surface area contributed by atoms with E-state index in [9.17, 15) is 8.42 Å². The molecule has 0 saturated heterocycles. The van der Waals surface area contributed by atoms with Crippen LogP contribution in [-0.2, 0) is 10.0 Å². The number of sulfonamides is 1. The summed E-state index contributed by atoms with van der Waals surface area (Å²) in [5.74, 6) is 5.85. The van der Waals surface area contributed by atoms with Crippen molar-refractivity contribution in [2.24, 2.45) is 0 Å². The standard InChI is InChI=1S/C19H20N2O2S/c1-21(2)19-13-7-6-11-18(19)12-8-15-20-24(22,23)16-14-17-9-4-3-5-10-17/h3-7,9-11,13-14,16,20H,15H2,1-2H3/b16-14+. The predicted molar refractivity (Wildman–Crippen MR) is 100 cm³/mol. The molecule has 0 atom stereocenters. The molecule has 1 N–H and O–H groups in total. The summed E-state index contributed by atoms with van der Waals surface area (Å²) in [4.78, 5) is 1.97. The fourth-order valence-corrected chi connectivity index (χ4v) is 2.73. The minimum Gasteiger partial charge on any atom is -0.377 e. The van der Waals surface area contributed by atoms with Crippen molar-refractivity contribution in [2.75, 3.05) is 25.5 Å². The normalized spacial score (nSPS) is 11.1. The van der Waals surface area contributed by atoms with E-state index in [1.807, 2.05) is 73.6 Å². The summed E-state index contributed by atoms with van der Waals surface area (Å²) in [6, 6.07) is 17.0. The van der Waals surface area contributed by atoms with Gasteiger partial charge in [-0.15, -0.1) is 0 Å². The molecule has 124 valence electrons. The van der Waals surface area contributed by atoms with Crippen molar-refractivity contribution in [3.05, 3.63) is 71.1 Å². The van der Waals surface area contributed by atoms with Crippen LogP contribution in [0.2, 0.25) is 0 Å². The molecule has 4 nitrogen and oxygen atoms in total. The largest absolute Gasteiger partial charge is 0.377 e. The number of hydrogen-bond donors (Lipinski definition) is 1. The topological polar surface area (TPSA) is 49.4 Å². The zero-order valence-electron chi connectivity index (χ0n) is 13.7. The average Bonchev–Trinajstić information content (AvgIpc) is 2.58. The van der Waals surface area contributed by atoms with E-state index in [-0.39, 0.29) is 6.54 Å². The van der Waals surface area contributed by atoms with Gasteiger partial charge in [-0.1, -0.05) is 54.3 Å². The Balaban J connectivity index is 1.98. The first-order chi connectivity index (χ1) is 11.5. The van der Waals surface area contributed by atoms with Gasteiger partial charge < -0.3 is 4.90 Å². The Kier molecular flexibility index (Phi) is 6.19. The molecule has 0 fully saturated rings. The highest BCUT2D eigenvalue weighted by atomic mass is 32.2. The fourth-order valence-electron chi connectivity index (χ4n) is 2.03. The van der Waals surface area contributed by atoms with Gasteiger partial charge in [0.1, 0.15) is 0 Å². The summed E-state index contributed by atoms with van der Waals surface area (Å²) < 4.78 is 26.3. The lowest BCUT2D eigenvalue weighted by Gasteiger charge is -2.13. The molecule has 0 bridgehead atoms. The van der Waals surface area contributed by atoms with Crippen LogP contribution < -0.4 is 9.62 Å². The third-order valence-corrected chi connectivity index (χ3v) is 4.25. The molecule has 0 aromatic heterocycles. The van der Waals surface area contributed by atoms with Crippen LogP contribution in [0.1, 0.15) is 11.1 Å². The zero-order valence-corrected chi connectivity index (χ0v) is 14.5. The molecule has 0 unspecified atom stereocenters. The monoisotopic (exact) mass is 340 g/mol. The Morgan fingerprint density at radius 1 is 1.04 bits per heavy atom. The van der Waals surface area contributed by atoms with E-state index in [0.29, 0.717) is 0 Å². The molecule has 0 aliphatic heterocycles. The van der Waals surface area contributed by atoms with Crippen LogP contribution in [0, 0.1) is 11.8 Å². The summed E-state index contributed by atoms with van der Waals surface area (Å²) in [7, 11) is 0.380. The number of hydrogen-bond acceptors (Lipinski definition) is 3. The van der Waals surface area contributed by atoms with Gasteiger partial charge >= 0.3 is 0 Å². The summed E-state index contributed by atoms with van der Waals surface area (Å²) in [6.45, 7) is 0.0588. The highest BCUT2D eigenvalue weighted by Gasteiger charge is 2.03. The van der Waals surface area contributed by atoms with Gasteiger partial charge in [-0.25, -0.2) is 8.42 Å². The summed E-state index contributed by atoms with van der Waals surface area (Å²) in [6.07, 6.45) is 1.55. The zero-order chi connectivity index (χ0) is 17.4. The van der Waals surface area contributed by atoms with Crippen LogP contribution in [0.25, 0.3) is 6.08 Å². The highest BCUT2D eigenvalue weighted by Crippen LogP contribution is 2.16. The third-order valence-electron chi connectivity index (χ3n) is 3.21. The SMILES string of the molecule is CN(C)c1ccccc1C#CCNS(=O)(=O)/C=C/c1ccccc1. The van der Waals surface area contributed by atoms with Crippen molar-refractivity contribution in [1.29, 1.82) is 0 Å². The Labute approximate surface area is 143 Å². The molecule has 0 amide bonds. The fraction of sp³-hybridized carbons (Fsp3) is 0.158. The van der Waals surface area contributed by atoms with Gasteiger partial charge in [0, 0.05) is 25.1 Å². The Morgan fingerprint density at radius 2 is 1.71 bits per heavy atom. The Morgan fingerprint density at radius 3 is 2.42 bits per heavy atom. The number of nitrogens with one attached hydrogen (secondary N) is 1. The van der Waals surface area contributed by atoms with Gasteiger partial charge in [0.25, 0.3) is 0 Å². The van der Waals surface area contributed by atoms with Gasteiger partial charge in [0.15, 0.2) is 0 Å². The quantitative estimate of drug-likeness (QED) is 0.852. The first kappa shape index (κ1) is 17.8. The molecule has 2 aromatic rings. The van der Waals surface area contributed by atoms with Crippen molar-refractivity contribution < 1.29 is 8.42 Å². The number of benzene rings is 2. The molecule has 0 aliphatic rings. The van der Waals surface area contributed by atoms with E-state index < -0.39 is 10.0 Å². The minimum absolute atomic E-state index is 0.0588. The second-order valence-corrected chi connectivity index (χ2v) is 6.94. The maximum Gasteiger partial charge on any atom is 0.234 e. The third kappa shape index (κ3) is 5.58. The van der Waals surface area contributed by atoms with E-state index in [1.165, 1.54) is 0 Å². The van der Waals surface area contributed by atoms with E-state index >= 15 is 0 Å². The van der Waals surface area contributed by atoms with Crippen LogP contribution in [0.5, 0.6) is 0 Å². The van der Waals surface area contributed by atoms with Crippen LogP contribution in [-0.4, -0.2) is 29.1 Å². The van der Waals surface area contributed by atoms with E-state index in [4.69, 9.17) is 0 Å². The van der Waals surface area contributed by atoms with Gasteiger partial charge in [-0.05, 0) is 23.8 Å². The van der Waals surface area contributed by atoms with Gasteiger partial charge in [-0.3, -0.25) is 0 Å². The van der Waals surface area contributed by atoms with Crippen LogP contribution >= 0.6 is 0 Å². The van der Waals surface area contributed by atoms with Gasteiger partial charge in [0.05, 0.1) is 12.2 Å². The van der Waals surface area contributed by atoms with Crippen molar-refractivity contribution in [3.63, 3.8) is 0 Å². The highest BCUT2D eigenvalue weighted by molar-refractivity contribution is 7.92. The molecule has 24 heavy (non-hydrogen) atoms. The number of nitrogens with zero attached hydrogens (tertiary/aromatic N) is 1. The Bertz CT molecular complexity index is 861.